The highest BCUT2D eigenvalue weighted by molar-refractivity contribution is 5.79. The van der Waals surface area contributed by atoms with Gasteiger partial charge in [-0.25, -0.2) is 4.98 Å². The van der Waals surface area contributed by atoms with E-state index < -0.39 is 17.2 Å². The zero-order chi connectivity index (χ0) is 25.5. The first kappa shape index (κ1) is 24.0. The maximum atomic E-state index is 13.1. The van der Waals surface area contributed by atoms with Crippen molar-refractivity contribution in [1.82, 2.24) is 14.9 Å². The summed E-state index contributed by atoms with van der Waals surface area (Å²) in [5, 5.41) is 0. The fourth-order valence-electron chi connectivity index (χ4n) is 4.90. The number of aldehydes is 1. The molecule has 1 aromatic heterocycles. The molecule has 0 spiro atoms. The molecule has 0 atom stereocenters. The topological polar surface area (TPSA) is 83.1 Å². The predicted octanol–water partition coefficient (Wildman–Crippen LogP) is 4.20. The summed E-state index contributed by atoms with van der Waals surface area (Å²) in [4.78, 5) is 46.6. The average Bonchev–Trinajstić information content (AvgIpc) is 3.68. The fraction of sp³-hybridized carbons (Fsp3) is 0.333. The fourth-order valence-corrected chi connectivity index (χ4v) is 4.90. The second-order valence-electron chi connectivity index (χ2n) is 9.46. The van der Waals surface area contributed by atoms with E-state index >= 15 is 0 Å². The number of nitrogens with zero attached hydrogens (tertiary/aromatic N) is 2. The van der Waals surface area contributed by atoms with Crippen LogP contribution in [0.25, 0.3) is 0 Å². The lowest BCUT2D eigenvalue weighted by Gasteiger charge is -2.21. The van der Waals surface area contributed by atoms with Crippen molar-refractivity contribution in [2.24, 2.45) is 0 Å². The van der Waals surface area contributed by atoms with Gasteiger partial charge in [0, 0.05) is 12.1 Å². The molecule has 0 radical (unpaired) electrons. The van der Waals surface area contributed by atoms with Crippen molar-refractivity contribution in [2.45, 2.75) is 50.2 Å². The third kappa shape index (κ3) is 4.57. The first-order chi connectivity index (χ1) is 17.2. The number of benzene rings is 2. The van der Waals surface area contributed by atoms with Crippen LogP contribution in [0.15, 0.2) is 53.3 Å². The SMILES string of the molecule is O=Cc1cccc(C2(c3nc4c(c(=O)[nH]3)CN(C(=O)Cc3cccc(C(F)(F)F)c3)CCC4)CC2)c1. The van der Waals surface area contributed by atoms with Crippen molar-refractivity contribution in [1.29, 1.82) is 0 Å². The van der Waals surface area contributed by atoms with Crippen LogP contribution in [-0.4, -0.2) is 33.6 Å². The molecular weight excluding hydrogens is 471 g/mol. The molecule has 5 rings (SSSR count). The molecule has 2 aromatic carbocycles. The summed E-state index contributed by atoms with van der Waals surface area (Å²) in [6.07, 6.45) is -1.16. The standard InChI is InChI=1S/C27H24F3N3O3/c28-27(29,30)20-7-1-4-17(12-20)14-23(35)33-11-3-8-22-21(15-33)24(36)32-25(31-22)26(9-10-26)19-6-2-5-18(13-19)16-34/h1-2,4-7,12-13,16H,3,8-11,14-15H2,(H,31,32,36). The second-order valence-corrected chi connectivity index (χ2v) is 9.46. The highest BCUT2D eigenvalue weighted by Gasteiger charge is 2.48. The van der Waals surface area contributed by atoms with Crippen LogP contribution in [0.3, 0.4) is 0 Å². The molecule has 9 heteroatoms. The number of carbonyl (C=O) groups is 2. The van der Waals surface area contributed by atoms with E-state index in [-0.39, 0.29) is 30.0 Å². The number of fused-ring (bicyclic) bond motifs is 1. The maximum absolute atomic E-state index is 13.1. The Labute approximate surface area is 205 Å². The van der Waals surface area contributed by atoms with Crippen LogP contribution in [0.2, 0.25) is 0 Å². The average molecular weight is 496 g/mol. The van der Waals surface area contributed by atoms with Crippen molar-refractivity contribution in [3.05, 3.63) is 98.2 Å². The van der Waals surface area contributed by atoms with Crippen molar-refractivity contribution in [3.8, 4) is 0 Å². The Morgan fingerprint density at radius 1 is 1.14 bits per heavy atom. The van der Waals surface area contributed by atoms with Crippen LogP contribution in [0.1, 0.15) is 63.4 Å². The molecule has 1 amide bonds. The summed E-state index contributed by atoms with van der Waals surface area (Å²) in [5.74, 6) is 0.230. The molecule has 1 N–H and O–H groups in total. The van der Waals surface area contributed by atoms with Gasteiger partial charge in [0.15, 0.2) is 0 Å². The molecule has 2 aliphatic rings. The van der Waals surface area contributed by atoms with Gasteiger partial charge >= 0.3 is 6.18 Å². The normalized spacial score (nSPS) is 16.7. The van der Waals surface area contributed by atoms with E-state index in [9.17, 15) is 27.6 Å². The Morgan fingerprint density at radius 2 is 1.92 bits per heavy atom. The summed E-state index contributed by atoms with van der Waals surface area (Å²) >= 11 is 0. The number of alkyl halides is 3. The zero-order valence-electron chi connectivity index (χ0n) is 19.4. The van der Waals surface area contributed by atoms with Gasteiger partial charge in [-0.1, -0.05) is 36.4 Å². The molecule has 1 fully saturated rings. The summed E-state index contributed by atoms with van der Waals surface area (Å²) in [7, 11) is 0. The molecule has 6 nitrogen and oxygen atoms in total. The second kappa shape index (κ2) is 9.04. The number of amides is 1. The van der Waals surface area contributed by atoms with Crippen LogP contribution in [0.4, 0.5) is 13.2 Å². The van der Waals surface area contributed by atoms with E-state index in [0.717, 1.165) is 36.8 Å². The number of aromatic nitrogens is 2. The molecule has 1 aliphatic heterocycles. The summed E-state index contributed by atoms with van der Waals surface area (Å²) in [6.45, 7) is 0.443. The molecule has 0 bridgehead atoms. The minimum Gasteiger partial charge on any atom is -0.338 e. The number of nitrogens with one attached hydrogen (secondary N) is 1. The third-order valence-corrected chi connectivity index (χ3v) is 7.03. The quantitative estimate of drug-likeness (QED) is 0.538. The largest absolute Gasteiger partial charge is 0.416 e. The Balaban J connectivity index is 1.38. The van der Waals surface area contributed by atoms with E-state index in [2.05, 4.69) is 4.98 Å². The number of aromatic amines is 1. The molecule has 3 aromatic rings. The Bertz CT molecular complexity index is 1390. The van der Waals surface area contributed by atoms with Gasteiger partial charge in [-0.2, -0.15) is 13.2 Å². The van der Waals surface area contributed by atoms with Crippen molar-refractivity contribution in [2.75, 3.05) is 6.54 Å². The molecule has 2 heterocycles. The van der Waals surface area contributed by atoms with Gasteiger partial charge in [0.25, 0.3) is 5.56 Å². The van der Waals surface area contributed by atoms with Gasteiger partial charge in [-0.15, -0.1) is 0 Å². The van der Waals surface area contributed by atoms with Gasteiger partial charge in [0.2, 0.25) is 5.91 Å². The van der Waals surface area contributed by atoms with Crippen LogP contribution < -0.4 is 5.56 Å². The van der Waals surface area contributed by atoms with Gasteiger partial charge in [-0.3, -0.25) is 14.4 Å². The monoisotopic (exact) mass is 495 g/mol. The van der Waals surface area contributed by atoms with Crippen LogP contribution in [-0.2, 0) is 35.8 Å². The molecule has 186 valence electrons. The van der Waals surface area contributed by atoms with Gasteiger partial charge in [0.05, 0.1) is 35.2 Å². The third-order valence-electron chi connectivity index (χ3n) is 7.03. The van der Waals surface area contributed by atoms with Gasteiger partial charge in [-0.05, 0) is 48.9 Å². The van der Waals surface area contributed by atoms with E-state index in [1.807, 2.05) is 18.2 Å². The van der Waals surface area contributed by atoms with E-state index in [1.54, 1.807) is 6.07 Å². The van der Waals surface area contributed by atoms with Crippen molar-refractivity contribution < 1.29 is 22.8 Å². The Hall–Kier alpha value is -3.75. The van der Waals surface area contributed by atoms with Gasteiger partial charge < -0.3 is 9.88 Å². The smallest absolute Gasteiger partial charge is 0.338 e. The molecule has 1 aliphatic carbocycles. The molecule has 36 heavy (non-hydrogen) atoms. The van der Waals surface area contributed by atoms with E-state index in [4.69, 9.17) is 4.98 Å². The molecule has 0 unspecified atom stereocenters. The summed E-state index contributed by atoms with van der Waals surface area (Å²) in [5.41, 5.74) is 1.27. The predicted molar refractivity (Wildman–Crippen MR) is 126 cm³/mol. The number of hydrogen-bond donors (Lipinski definition) is 1. The van der Waals surface area contributed by atoms with E-state index in [1.165, 1.54) is 17.0 Å². The lowest BCUT2D eigenvalue weighted by atomic mass is 9.93. The number of hydrogen-bond acceptors (Lipinski definition) is 4. The van der Waals surface area contributed by atoms with Crippen LogP contribution >= 0.6 is 0 Å². The zero-order valence-corrected chi connectivity index (χ0v) is 19.4. The van der Waals surface area contributed by atoms with Crippen LogP contribution in [0.5, 0.6) is 0 Å². The first-order valence-electron chi connectivity index (χ1n) is 11.8. The Kier molecular flexibility index (Phi) is 6.02. The highest BCUT2D eigenvalue weighted by atomic mass is 19.4. The molecular formula is C27H24F3N3O3. The number of aryl methyl sites for hydroxylation is 1. The van der Waals surface area contributed by atoms with Gasteiger partial charge in [0.1, 0.15) is 12.1 Å². The van der Waals surface area contributed by atoms with E-state index in [0.29, 0.717) is 42.0 Å². The van der Waals surface area contributed by atoms with Crippen molar-refractivity contribution in [3.63, 3.8) is 0 Å². The summed E-state index contributed by atoms with van der Waals surface area (Å²) < 4.78 is 39.1. The minimum absolute atomic E-state index is 0.0589. The number of carbonyl (C=O) groups excluding carboxylic acids is 2. The first-order valence-corrected chi connectivity index (χ1v) is 11.8. The minimum atomic E-state index is -4.48. The summed E-state index contributed by atoms with van der Waals surface area (Å²) in [6, 6.07) is 12.0. The molecule has 1 saturated carbocycles. The molecule has 0 saturated heterocycles. The lowest BCUT2D eigenvalue weighted by Crippen LogP contribution is -2.34. The van der Waals surface area contributed by atoms with Crippen LogP contribution in [0, 0.1) is 0 Å². The number of rotatable bonds is 5. The lowest BCUT2D eigenvalue weighted by molar-refractivity contribution is -0.138. The number of halogens is 3. The van der Waals surface area contributed by atoms with Crippen molar-refractivity contribution >= 4 is 12.2 Å². The number of H-pyrrole nitrogens is 1. The Morgan fingerprint density at radius 3 is 2.64 bits per heavy atom. The maximum Gasteiger partial charge on any atom is 0.416 e. The highest BCUT2D eigenvalue weighted by Crippen LogP contribution is 2.52.